The number of benzene rings is 2. The van der Waals surface area contributed by atoms with E-state index in [0.29, 0.717) is 22.9 Å². The molecule has 5 nitrogen and oxygen atoms in total. The lowest BCUT2D eigenvalue weighted by Gasteiger charge is -2.19. The van der Waals surface area contributed by atoms with Gasteiger partial charge in [-0.25, -0.2) is 0 Å². The van der Waals surface area contributed by atoms with Gasteiger partial charge in [-0.1, -0.05) is 29.8 Å². The normalized spacial score (nSPS) is 10.3. The number of methoxy groups -OCH3 is 1. The Bertz CT molecular complexity index is 792. The standard InChI is InChI=1S/C20H23ClN2O3/c1-14-6-4-5-7-17(14)20(25)22-11-10-19(24)23(2)13-15-12-16(21)8-9-18(15)26-3/h4-9,12H,10-11,13H2,1-3H3,(H,22,25). The zero-order chi connectivity index (χ0) is 19.1. The van der Waals surface area contributed by atoms with Gasteiger partial charge in [-0.05, 0) is 36.8 Å². The Morgan fingerprint density at radius 1 is 1.19 bits per heavy atom. The van der Waals surface area contributed by atoms with Crippen LogP contribution in [0.2, 0.25) is 5.02 Å². The second-order valence-electron chi connectivity index (χ2n) is 6.03. The predicted octanol–water partition coefficient (Wildman–Crippen LogP) is 3.44. The van der Waals surface area contributed by atoms with Crippen LogP contribution < -0.4 is 10.1 Å². The Labute approximate surface area is 158 Å². The van der Waals surface area contributed by atoms with Crippen LogP contribution in [0.4, 0.5) is 0 Å². The van der Waals surface area contributed by atoms with Crippen LogP contribution in [0.3, 0.4) is 0 Å². The van der Waals surface area contributed by atoms with Gasteiger partial charge in [-0.3, -0.25) is 9.59 Å². The first kappa shape index (κ1) is 19.8. The van der Waals surface area contributed by atoms with Crippen molar-refractivity contribution in [3.8, 4) is 5.75 Å². The van der Waals surface area contributed by atoms with E-state index in [4.69, 9.17) is 16.3 Å². The Kier molecular flexibility index (Phi) is 7.04. The van der Waals surface area contributed by atoms with Crippen LogP contribution >= 0.6 is 11.6 Å². The highest BCUT2D eigenvalue weighted by atomic mass is 35.5. The summed E-state index contributed by atoms with van der Waals surface area (Å²) in [6.45, 7) is 2.55. The van der Waals surface area contributed by atoms with Crippen LogP contribution in [0.1, 0.15) is 27.9 Å². The van der Waals surface area contributed by atoms with Crippen molar-refractivity contribution in [2.24, 2.45) is 0 Å². The summed E-state index contributed by atoms with van der Waals surface area (Å²) in [5, 5.41) is 3.38. The first-order valence-electron chi connectivity index (χ1n) is 8.32. The number of amides is 2. The summed E-state index contributed by atoms with van der Waals surface area (Å²) in [7, 11) is 3.29. The minimum Gasteiger partial charge on any atom is -0.496 e. The highest BCUT2D eigenvalue weighted by Gasteiger charge is 2.14. The first-order chi connectivity index (χ1) is 12.4. The molecule has 0 saturated heterocycles. The summed E-state index contributed by atoms with van der Waals surface area (Å²) in [5.74, 6) is 0.439. The number of halogens is 1. The Hall–Kier alpha value is -2.53. The third-order valence-electron chi connectivity index (χ3n) is 4.09. The molecule has 1 N–H and O–H groups in total. The van der Waals surface area contributed by atoms with Crippen molar-refractivity contribution in [1.29, 1.82) is 0 Å². The number of rotatable bonds is 7. The zero-order valence-corrected chi connectivity index (χ0v) is 16.0. The molecule has 2 rings (SSSR count). The average molecular weight is 375 g/mol. The van der Waals surface area contributed by atoms with E-state index in [-0.39, 0.29) is 24.8 Å². The molecule has 2 aromatic rings. The molecule has 0 spiro atoms. The molecule has 0 aliphatic rings. The van der Waals surface area contributed by atoms with Gasteiger partial charge in [0.05, 0.1) is 7.11 Å². The van der Waals surface area contributed by atoms with Gasteiger partial charge >= 0.3 is 0 Å². The fourth-order valence-corrected chi connectivity index (χ4v) is 2.81. The third-order valence-corrected chi connectivity index (χ3v) is 4.32. The number of hydrogen-bond acceptors (Lipinski definition) is 3. The predicted molar refractivity (Wildman–Crippen MR) is 103 cm³/mol. The zero-order valence-electron chi connectivity index (χ0n) is 15.2. The molecule has 0 radical (unpaired) electrons. The summed E-state index contributed by atoms with van der Waals surface area (Å²) in [4.78, 5) is 26.1. The molecule has 0 aliphatic carbocycles. The van der Waals surface area contributed by atoms with Gasteiger partial charge < -0.3 is 15.0 Å². The third kappa shape index (κ3) is 5.23. The second kappa shape index (κ2) is 9.25. The Balaban J connectivity index is 1.87. The van der Waals surface area contributed by atoms with Gasteiger partial charge in [0.25, 0.3) is 5.91 Å². The largest absolute Gasteiger partial charge is 0.496 e. The van der Waals surface area contributed by atoms with E-state index < -0.39 is 0 Å². The molecule has 2 amide bonds. The Morgan fingerprint density at radius 3 is 2.62 bits per heavy atom. The van der Waals surface area contributed by atoms with Gasteiger partial charge in [-0.15, -0.1) is 0 Å². The van der Waals surface area contributed by atoms with Crippen LogP contribution in [-0.2, 0) is 11.3 Å². The molecule has 26 heavy (non-hydrogen) atoms. The molecule has 138 valence electrons. The molecule has 0 aromatic heterocycles. The lowest BCUT2D eigenvalue weighted by atomic mass is 10.1. The van der Waals surface area contributed by atoms with E-state index in [0.717, 1.165) is 11.1 Å². The van der Waals surface area contributed by atoms with Gasteiger partial charge in [0.15, 0.2) is 0 Å². The Morgan fingerprint density at radius 2 is 1.92 bits per heavy atom. The van der Waals surface area contributed by atoms with E-state index in [9.17, 15) is 9.59 Å². The average Bonchev–Trinajstić information content (AvgIpc) is 2.62. The minimum atomic E-state index is -0.171. The van der Waals surface area contributed by atoms with Gasteiger partial charge in [0, 0.05) is 42.7 Å². The van der Waals surface area contributed by atoms with Crippen molar-refractivity contribution in [2.75, 3.05) is 20.7 Å². The van der Waals surface area contributed by atoms with E-state index in [1.54, 1.807) is 43.3 Å². The summed E-state index contributed by atoms with van der Waals surface area (Å²) in [5.41, 5.74) is 2.36. The van der Waals surface area contributed by atoms with Gasteiger partial charge in [-0.2, -0.15) is 0 Å². The van der Waals surface area contributed by atoms with Crippen molar-refractivity contribution in [1.82, 2.24) is 10.2 Å². The number of hydrogen-bond donors (Lipinski definition) is 1. The molecular formula is C20H23ClN2O3. The molecule has 6 heteroatoms. The number of nitrogens with zero attached hydrogens (tertiary/aromatic N) is 1. The summed E-state index contributed by atoms with van der Waals surface area (Å²) < 4.78 is 5.30. The highest BCUT2D eigenvalue weighted by molar-refractivity contribution is 6.30. The number of aryl methyl sites for hydroxylation is 1. The number of carbonyl (C=O) groups excluding carboxylic acids is 2. The van der Waals surface area contributed by atoms with Crippen molar-refractivity contribution in [3.63, 3.8) is 0 Å². The maximum absolute atomic E-state index is 12.3. The van der Waals surface area contributed by atoms with Crippen molar-refractivity contribution in [3.05, 3.63) is 64.2 Å². The quantitative estimate of drug-likeness (QED) is 0.807. The monoisotopic (exact) mass is 374 g/mol. The molecule has 0 bridgehead atoms. The van der Waals surface area contributed by atoms with Crippen molar-refractivity contribution >= 4 is 23.4 Å². The lowest BCUT2D eigenvalue weighted by molar-refractivity contribution is -0.130. The number of carbonyl (C=O) groups is 2. The molecule has 0 heterocycles. The SMILES string of the molecule is COc1ccc(Cl)cc1CN(C)C(=O)CCNC(=O)c1ccccc1C. The molecule has 0 saturated carbocycles. The second-order valence-corrected chi connectivity index (χ2v) is 6.46. The maximum Gasteiger partial charge on any atom is 0.251 e. The van der Waals surface area contributed by atoms with Crippen LogP contribution in [-0.4, -0.2) is 37.4 Å². The topological polar surface area (TPSA) is 58.6 Å². The fourth-order valence-electron chi connectivity index (χ4n) is 2.61. The van der Waals surface area contributed by atoms with Crippen molar-refractivity contribution in [2.45, 2.75) is 19.9 Å². The highest BCUT2D eigenvalue weighted by Crippen LogP contribution is 2.23. The van der Waals surface area contributed by atoms with E-state index in [2.05, 4.69) is 5.32 Å². The lowest BCUT2D eigenvalue weighted by Crippen LogP contribution is -2.32. The smallest absolute Gasteiger partial charge is 0.251 e. The number of nitrogens with one attached hydrogen (secondary N) is 1. The van der Waals surface area contributed by atoms with Crippen LogP contribution in [0.25, 0.3) is 0 Å². The minimum absolute atomic E-state index is 0.0721. The van der Waals surface area contributed by atoms with Crippen molar-refractivity contribution < 1.29 is 14.3 Å². The van der Waals surface area contributed by atoms with Crippen LogP contribution in [0.15, 0.2) is 42.5 Å². The first-order valence-corrected chi connectivity index (χ1v) is 8.70. The molecule has 0 fully saturated rings. The van der Waals surface area contributed by atoms with Gasteiger partial charge in [0.2, 0.25) is 5.91 Å². The summed E-state index contributed by atoms with van der Waals surface area (Å²) >= 11 is 6.02. The van der Waals surface area contributed by atoms with E-state index >= 15 is 0 Å². The molecule has 2 aromatic carbocycles. The molecule has 0 aliphatic heterocycles. The van der Waals surface area contributed by atoms with Crippen LogP contribution in [0, 0.1) is 6.92 Å². The van der Waals surface area contributed by atoms with E-state index in [1.807, 2.05) is 25.1 Å². The van der Waals surface area contributed by atoms with Crippen LogP contribution in [0.5, 0.6) is 5.75 Å². The molecular weight excluding hydrogens is 352 g/mol. The summed E-state index contributed by atoms with van der Waals surface area (Å²) in [6, 6.07) is 12.7. The fraction of sp³-hybridized carbons (Fsp3) is 0.300. The molecule has 0 unspecified atom stereocenters. The summed E-state index contributed by atoms with van der Waals surface area (Å²) in [6.07, 6.45) is 0.219. The van der Waals surface area contributed by atoms with E-state index in [1.165, 1.54) is 0 Å². The number of ether oxygens (including phenoxy) is 1. The maximum atomic E-state index is 12.3. The van der Waals surface area contributed by atoms with Gasteiger partial charge in [0.1, 0.15) is 5.75 Å². The molecule has 0 atom stereocenters.